The van der Waals surface area contributed by atoms with Crippen LogP contribution in [-0.2, 0) is 18.4 Å². The SMILES string of the molecule is C=C(C)C(=O)OCCCCO[Si](C)(C)OC. The summed E-state index contributed by atoms with van der Waals surface area (Å²) in [6, 6.07) is 0. The Labute approximate surface area is 98.8 Å². The zero-order valence-corrected chi connectivity index (χ0v) is 11.7. The zero-order chi connectivity index (χ0) is 12.6. The predicted octanol–water partition coefficient (Wildman–Crippen LogP) is 2.25. The maximum atomic E-state index is 11.0. The molecule has 0 atom stereocenters. The summed E-state index contributed by atoms with van der Waals surface area (Å²) in [5.74, 6) is -0.326. The van der Waals surface area contributed by atoms with Crippen molar-refractivity contribution in [3.63, 3.8) is 0 Å². The molecule has 0 aliphatic heterocycles. The second kappa shape index (κ2) is 7.59. The molecule has 0 amide bonds. The Balaban J connectivity index is 3.41. The molecule has 0 aromatic rings. The molecule has 0 N–H and O–H groups in total. The van der Waals surface area contributed by atoms with E-state index < -0.39 is 8.56 Å². The molecule has 0 spiro atoms. The molecule has 0 saturated heterocycles. The first-order valence-corrected chi connectivity index (χ1v) is 8.22. The van der Waals surface area contributed by atoms with E-state index in [4.69, 9.17) is 13.6 Å². The first kappa shape index (κ1) is 15.3. The average Bonchev–Trinajstić information content (AvgIpc) is 2.22. The monoisotopic (exact) mass is 246 g/mol. The Hall–Kier alpha value is -0.653. The van der Waals surface area contributed by atoms with Crippen molar-refractivity contribution < 1.29 is 18.4 Å². The Morgan fingerprint density at radius 2 is 1.81 bits per heavy atom. The fourth-order valence-corrected chi connectivity index (χ4v) is 1.62. The number of hydrogen-bond acceptors (Lipinski definition) is 4. The fraction of sp³-hybridized carbons (Fsp3) is 0.727. The lowest BCUT2D eigenvalue weighted by atomic mass is 10.3. The molecule has 0 fully saturated rings. The Morgan fingerprint density at radius 3 is 2.31 bits per heavy atom. The van der Waals surface area contributed by atoms with Crippen LogP contribution in [0.5, 0.6) is 0 Å². The first-order valence-electron chi connectivity index (χ1n) is 5.41. The van der Waals surface area contributed by atoms with Gasteiger partial charge in [-0.2, -0.15) is 0 Å². The average molecular weight is 246 g/mol. The lowest BCUT2D eigenvalue weighted by Crippen LogP contribution is -2.33. The molecule has 4 nitrogen and oxygen atoms in total. The van der Waals surface area contributed by atoms with Gasteiger partial charge < -0.3 is 13.6 Å². The lowest BCUT2D eigenvalue weighted by Gasteiger charge is -2.19. The number of carbonyl (C=O) groups is 1. The highest BCUT2D eigenvalue weighted by Crippen LogP contribution is 2.05. The molecule has 0 aromatic carbocycles. The van der Waals surface area contributed by atoms with Gasteiger partial charge in [0.2, 0.25) is 0 Å². The van der Waals surface area contributed by atoms with Crippen molar-refractivity contribution in [1.29, 1.82) is 0 Å². The van der Waals surface area contributed by atoms with E-state index in [1.54, 1.807) is 14.0 Å². The summed E-state index contributed by atoms with van der Waals surface area (Å²) >= 11 is 0. The Morgan fingerprint density at radius 1 is 1.25 bits per heavy atom. The number of rotatable bonds is 8. The number of ether oxygens (including phenoxy) is 1. The summed E-state index contributed by atoms with van der Waals surface area (Å²) in [4.78, 5) is 11.0. The highest BCUT2D eigenvalue weighted by molar-refractivity contribution is 6.64. The van der Waals surface area contributed by atoms with Crippen LogP contribution in [-0.4, -0.2) is 34.9 Å². The van der Waals surface area contributed by atoms with Crippen molar-refractivity contribution in [3.8, 4) is 0 Å². The van der Waals surface area contributed by atoms with Crippen LogP contribution in [0.2, 0.25) is 13.1 Å². The molecule has 0 heterocycles. The summed E-state index contributed by atoms with van der Waals surface area (Å²) in [6.07, 6.45) is 1.66. The second-order valence-electron chi connectivity index (χ2n) is 4.08. The van der Waals surface area contributed by atoms with Crippen LogP contribution in [0.3, 0.4) is 0 Å². The van der Waals surface area contributed by atoms with Crippen molar-refractivity contribution in [1.82, 2.24) is 0 Å². The van der Waals surface area contributed by atoms with E-state index in [2.05, 4.69) is 6.58 Å². The van der Waals surface area contributed by atoms with Crippen LogP contribution < -0.4 is 0 Å². The summed E-state index contributed by atoms with van der Waals surface area (Å²) in [5.41, 5.74) is 0.434. The predicted molar refractivity (Wildman–Crippen MR) is 65.5 cm³/mol. The van der Waals surface area contributed by atoms with Gasteiger partial charge in [0, 0.05) is 19.3 Å². The first-order chi connectivity index (χ1) is 7.39. The standard InChI is InChI=1S/C11H22O4Si/c1-10(2)11(12)14-8-6-7-9-15-16(4,5)13-3/h1,6-9H2,2-5H3. The van der Waals surface area contributed by atoms with Crippen LogP contribution in [0.25, 0.3) is 0 Å². The summed E-state index contributed by atoms with van der Waals surface area (Å²) < 4.78 is 15.8. The van der Waals surface area contributed by atoms with Crippen molar-refractivity contribution >= 4 is 14.5 Å². The molecule has 0 saturated carbocycles. The molecule has 0 aliphatic carbocycles. The maximum absolute atomic E-state index is 11.0. The molecule has 0 rings (SSSR count). The second-order valence-corrected chi connectivity index (χ2v) is 7.57. The minimum Gasteiger partial charge on any atom is -0.462 e. The minimum atomic E-state index is -1.90. The molecule has 16 heavy (non-hydrogen) atoms. The Bertz CT molecular complexity index is 238. The zero-order valence-electron chi connectivity index (χ0n) is 10.7. The molecule has 0 aliphatic rings. The summed E-state index contributed by atoms with van der Waals surface area (Å²) in [6.45, 7) is 10.2. The van der Waals surface area contributed by atoms with E-state index in [0.29, 0.717) is 18.8 Å². The number of esters is 1. The third-order valence-corrected chi connectivity index (χ3v) is 3.94. The van der Waals surface area contributed by atoms with Gasteiger partial charge in [0.05, 0.1) is 6.61 Å². The van der Waals surface area contributed by atoms with Gasteiger partial charge in [-0.15, -0.1) is 0 Å². The lowest BCUT2D eigenvalue weighted by molar-refractivity contribution is -0.139. The highest BCUT2D eigenvalue weighted by Gasteiger charge is 2.21. The molecule has 0 aromatic heterocycles. The normalized spacial score (nSPS) is 11.2. The molecule has 94 valence electrons. The van der Waals surface area contributed by atoms with Gasteiger partial charge in [-0.3, -0.25) is 0 Å². The van der Waals surface area contributed by atoms with E-state index in [1.165, 1.54) is 0 Å². The van der Waals surface area contributed by atoms with Crippen LogP contribution in [0, 0.1) is 0 Å². The molecular formula is C11H22O4Si. The van der Waals surface area contributed by atoms with E-state index in [-0.39, 0.29) is 5.97 Å². The van der Waals surface area contributed by atoms with Crippen LogP contribution in [0.1, 0.15) is 19.8 Å². The van der Waals surface area contributed by atoms with E-state index >= 15 is 0 Å². The summed E-state index contributed by atoms with van der Waals surface area (Å²) in [5, 5.41) is 0. The van der Waals surface area contributed by atoms with Gasteiger partial charge in [-0.1, -0.05) is 6.58 Å². The van der Waals surface area contributed by atoms with Gasteiger partial charge in [-0.25, -0.2) is 4.79 Å². The molecule has 5 heteroatoms. The van der Waals surface area contributed by atoms with E-state index in [1.807, 2.05) is 13.1 Å². The van der Waals surface area contributed by atoms with Crippen LogP contribution >= 0.6 is 0 Å². The largest absolute Gasteiger partial charge is 0.462 e. The molecule has 0 radical (unpaired) electrons. The number of carbonyl (C=O) groups excluding carboxylic acids is 1. The van der Waals surface area contributed by atoms with Gasteiger partial charge >= 0.3 is 14.5 Å². The number of hydrogen-bond donors (Lipinski definition) is 0. The maximum Gasteiger partial charge on any atom is 0.333 e. The highest BCUT2D eigenvalue weighted by atomic mass is 28.4. The van der Waals surface area contributed by atoms with Gasteiger partial charge in [0.25, 0.3) is 0 Å². The quantitative estimate of drug-likeness (QED) is 0.285. The fourth-order valence-electron chi connectivity index (χ4n) is 0.869. The van der Waals surface area contributed by atoms with Crippen molar-refractivity contribution in [3.05, 3.63) is 12.2 Å². The molecular weight excluding hydrogens is 224 g/mol. The van der Waals surface area contributed by atoms with Gasteiger partial charge in [-0.05, 0) is 32.9 Å². The van der Waals surface area contributed by atoms with Crippen LogP contribution in [0.4, 0.5) is 0 Å². The van der Waals surface area contributed by atoms with Crippen LogP contribution in [0.15, 0.2) is 12.2 Å². The third kappa shape index (κ3) is 7.61. The van der Waals surface area contributed by atoms with Crippen molar-refractivity contribution in [2.24, 2.45) is 0 Å². The Kier molecular flexibility index (Phi) is 7.28. The smallest absolute Gasteiger partial charge is 0.333 e. The van der Waals surface area contributed by atoms with Gasteiger partial charge in [0.15, 0.2) is 0 Å². The van der Waals surface area contributed by atoms with Gasteiger partial charge in [0.1, 0.15) is 0 Å². The van der Waals surface area contributed by atoms with E-state index in [0.717, 1.165) is 12.8 Å². The molecule has 0 bridgehead atoms. The topological polar surface area (TPSA) is 44.8 Å². The summed E-state index contributed by atoms with van der Waals surface area (Å²) in [7, 11) is -0.232. The van der Waals surface area contributed by atoms with Crippen molar-refractivity contribution in [2.75, 3.05) is 20.3 Å². The van der Waals surface area contributed by atoms with E-state index in [9.17, 15) is 4.79 Å². The third-order valence-electron chi connectivity index (χ3n) is 2.06. The van der Waals surface area contributed by atoms with Crippen molar-refractivity contribution in [2.45, 2.75) is 32.9 Å². The number of unbranched alkanes of at least 4 members (excludes halogenated alkanes) is 1. The molecule has 0 unspecified atom stereocenters. The minimum absolute atomic E-state index is 0.326.